The van der Waals surface area contributed by atoms with Crippen LogP contribution in [-0.4, -0.2) is 40.3 Å². The lowest BCUT2D eigenvalue weighted by Gasteiger charge is -2.09. The molecule has 0 unspecified atom stereocenters. The van der Waals surface area contributed by atoms with Gasteiger partial charge in [-0.05, 0) is 72.8 Å². The van der Waals surface area contributed by atoms with Gasteiger partial charge in [0.1, 0.15) is 17.2 Å². The summed E-state index contributed by atoms with van der Waals surface area (Å²) in [5, 5.41) is 33.0. The van der Waals surface area contributed by atoms with Gasteiger partial charge in [0.05, 0.1) is 29.7 Å². The molecule has 4 aromatic rings. The molecular weight excluding hydrogens is 466 g/mol. The molecule has 0 aliphatic carbocycles. The molecular formula is C25H23N5O4S. The Bertz CT molecular complexity index is 1350. The Balaban J connectivity index is 1.51. The van der Waals surface area contributed by atoms with Crippen molar-refractivity contribution in [1.29, 1.82) is 0 Å². The number of rotatable bonds is 8. The third kappa shape index (κ3) is 5.79. The molecule has 0 saturated carbocycles. The molecule has 1 amide bonds. The summed E-state index contributed by atoms with van der Waals surface area (Å²) in [6, 6.07) is 19.5. The highest BCUT2D eigenvalue weighted by atomic mass is 32.2. The number of carbonyl (C=O) groups is 1. The number of amides is 1. The van der Waals surface area contributed by atoms with Crippen LogP contribution >= 0.6 is 11.8 Å². The number of H-pyrrole nitrogens is 1. The van der Waals surface area contributed by atoms with Crippen LogP contribution in [0.25, 0.3) is 17.1 Å². The van der Waals surface area contributed by atoms with Crippen LogP contribution in [0, 0.1) is 6.92 Å². The van der Waals surface area contributed by atoms with Gasteiger partial charge >= 0.3 is 5.16 Å². The van der Waals surface area contributed by atoms with Gasteiger partial charge in [0, 0.05) is 0 Å². The number of phenolic OH excluding ortho intramolecular Hbond substituents is 1. The maximum Gasteiger partial charge on any atom is 0.342 e. The number of nitrogens with one attached hydrogen (secondary N) is 2. The predicted molar refractivity (Wildman–Crippen MR) is 131 cm³/mol. The van der Waals surface area contributed by atoms with E-state index >= 15 is 0 Å². The number of aromatic amines is 1. The van der Waals surface area contributed by atoms with Crippen LogP contribution in [0.4, 0.5) is 0 Å². The third-order valence-electron chi connectivity index (χ3n) is 5.05. The van der Waals surface area contributed by atoms with Crippen LogP contribution in [0.2, 0.25) is 0 Å². The van der Waals surface area contributed by atoms with E-state index < -0.39 is 0 Å². The number of ether oxygens (including phenoxy) is 1. The zero-order chi connectivity index (χ0) is 24.8. The lowest BCUT2D eigenvalue weighted by Crippen LogP contribution is -2.34. The molecule has 0 bridgehead atoms. The molecule has 0 saturated heterocycles. The minimum absolute atomic E-state index is 0.0515. The minimum atomic E-state index is -0.390. The van der Waals surface area contributed by atoms with E-state index in [1.54, 1.807) is 7.11 Å². The second kappa shape index (κ2) is 10.7. The van der Waals surface area contributed by atoms with E-state index in [1.165, 1.54) is 30.1 Å². The molecule has 9 nitrogen and oxygen atoms in total. The average Bonchev–Trinajstić information content (AvgIpc) is 3.28. The molecule has 178 valence electrons. The summed E-state index contributed by atoms with van der Waals surface area (Å²) >= 11 is 1.24. The van der Waals surface area contributed by atoms with Gasteiger partial charge < -0.3 is 14.9 Å². The molecule has 4 rings (SSSR count). The number of hydrazone groups is 1. The van der Waals surface area contributed by atoms with Gasteiger partial charge in [-0.2, -0.15) is 9.67 Å². The van der Waals surface area contributed by atoms with Crippen molar-refractivity contribution in [2.24, 2.45) is 5.10 Å². The monoisotopic (exact) mass is 489 g/mol. The van der Waals surface area contributed by atoms with Crippen LogP contribution in [0.5, 0.6) is 17.2 Å². The second-order valence-electron chi connectivity index (χ2n) is 7.56. The number of thioether (sulfide) groups is 1. The smallest absolute Gasteiger partial charge is 0.342 e. The number of hydrogen-bond acceptors (Lipinski definition) is 7. The zero-order valence-electron chi connectivity index (χ0n) is 19.1. The van der Waals surface area contributed by atoms with Gasteiger partial charge in [-0.15, -0.1) is 5.10 Å². The highest BCUT2D eigenvalue weighted by Crippen LogP contribution is 2.23. The lowest BCUT2D eigenvalue weighted by atomic mass is 10.2. The van der Waals surface area contributed by atoms with Gasteiger partial charge in [-0.1, -0.05) is 29.5 Å². The first-order valence-corrected chi connectivity index (χ1v) is 11.6. The first-order valence-electron chi connectivity index (χ1n) is 10.6. The largest absolute Gasteiger partial charge is 0.872 e. The van der Waals surface area contributed by atoms with Crippen molar-refractivity contribution >= 4 is 23.9 Å². The Kier molecular flexibility index (Phi) is 7.32. The molecule has 0 atom stereocenters. The summed E-state index contributed by atoms with van der Waals surface area (Å²) in [4.78, 5) is 12.4. The highest BCUT2D eigenvalue weighted by molar-refractivity contribution is 7.99. The molecule has 0 aliphatic heterocycles. The number of aromatic hydroxyl groups is 1. The van der Waals surface area contributed by atoms with Crippen molar-refractivity contribution in [2.45, 2.75) is 12.1 Å². The maximum atomic E-state index is 12.4. The van der Waals surface area contributed by atoms with E-state index in [2.05, 4.69) is 20.7 Å². The number of phenols is 1. The van der Waals surface area contributed by atoms with Crippen LogP contribution in [0.15, 0.2) is 77.0 Å². The molecule has 1 aromatic heterocycles. The Hall–Kier alpha value is -4.31. The van der Waals surface area contributed by atoms with Crippen LogP contribution in [0.3, 0.4) is 0 Å². The average molecular weight is 490 g/mol. The molecule has 0 aliphatic rings. The zero-order valence-corrected chi connectivity index (χ0v) is 19.9. The van der Waals surface area contributed by atoms with E-state index in [0.29, 0.717) is 5.16 Å². The van der Waals surface area contributed by atoms with Crippen molar-refractivity contribution in [1.82, 2.24) is 15.6 Å². The van der Waals surface area contributed by atoms with Crippen LogP contribution in [-0.2, 0) is 4.79 Å². The Morgan fingerprint density at radius 2 is 1.94 bits per heavy atom. The van der Waals surface area contributed by atoms with Crippen molar-refractivity contribution in [3.05, 3.63) is 77.9 Å². The number of aromatic nitrogens is 3. The van der Waals surface area contributed by atoms with Crippen molar-refractivity contribution < 1.29 is 24.3 Å². The summed E-state index contributed by atoms with van der Waals surface area (Å²) in [6.45, 7) is 2.02. The summed E-state index contributed by atoms with van der Waals surface area (Å²) in [5.41, 5.74) is 5.59. The SMILES string of the molecule is COc1ccc(-c2[nH]nc(SCC(=O)NN=Cc3ccc(O)cc3[O-])[n+]2-c2ccc(C)cc2)cc1. The van der Waals surface area contributed by atoms with E-state index in [9.17, 15) is 15.0 Å². The fraction of sp³-hybridized carbons (Fsp3) is 0.120. The fourth-order valence-corrected chi connectivity index (χ4v) is 4.00. The van der Waals surface area contributed by atoms with Crippen molar-refractivity contribution in [3.63, 3.8) is 0 Å². The molecule has 35 heavy (non-hydrogen) atoms. The summed E-state index contributed by atoms with van der Waals surface area (Å²) in [7, 11) is 1.62. The Morgan fingerprint density at radius 3 is 2.63 bits per heavy atom. The normalized spacial score (nSPS) is 11.0. The number of carbonyl (C=O) groups excluding carboxylic acids is 1. The summed E-state index contributed by atoms with van der Waals surface area (Å²) < 4.78 is 7.20. The van der Waals surface area contributed by atoms with Crippen LogP contribution < -0.4 is 19.8 Å². The number of hydrogen-bond donors (Lipinski definition) is 3. The van der Waals surface area contributed by atoms with Gasteiger partial charge in [0.15, 0.2) is 0 Å². The highest BCUT2D eigenvalue weighted by Gasteiger charge is 2.24. The number of aryl methyl sites for hydroxylation is 1. The maximum absolute atomic E-state index is 12.4. The van der Waals surface area contributed by atoms with Crippen molar-refractivity contribution in [3.8, 4) is 34.3 Å². The molecule has 0 fully saturated rings. The molecule has 10 heteroatoms. The van der Waals surface area contributed by atoms with E-state index in [0.717, 1.165) is 34.5 Å². The third-order valence-corrected chi connectivity index (χ3v) is 5.99. The van der Waals surface area contributed by atoms with Gasteiger partial charge in [-0.3, -0.25) is 4.79 Å². The first-order chi connectivity index (χ1) is 16.9. The lowest BCUT2D eigenvalue weighted by molar-refractivity contribution is -0.625. The predicted octanol–water partition coefficient (Wildman–Crippen LogP) is 2.69. The number of nitrogens with zero attached hydrogens (tertiary/aromatic N) is 3. The minimum Gasteiger partial charge on any atom is -0.872 e. The first kappa shape index (κ1) is 23.8. The number of methoxy groups -OCH3 is 1. The van der Waals surface area contributed by atoms with Gasteiger partial charge in [0.25, 0.3) is 11.7 Å². The van der Waals surface area contributed by atoms with E-state index in [4.69, 9.17) is 4.74 Å². The van der Waals surface area contributed by atoms with Crippen LogP contribution in [0.1, 0.15) is 11.1 Å². The molecule has 0 radical (unpaired) electrons. The Morgan fingerprint density at radius 1 is 1.20 bits per heavy atom. The van der Waals surface area contributed by atoms with E-state index in [1.807, 2.05) is 60.0 Å². The van der Waals surface area contributed by atoms with Crippen molar-refractivity contribution in [2.75, 3.05) is 12.9 Å². The fourth-order valence-electron chi connectivity index (χ4n) is 3.24. The number of benzene rings is 3. The van der Waals surface area contributed by atoms with Gasteiger partial charge in [-0.25, -0.2) is 5.43 Å². The summed E-state index contributed by atoms with van der Waals surface area (Å²) in [6.07, 6.45) is 1.24. The second-order valence-corrected chi connectivity index (χ2v) is 8.50. The van der Waals surface area contributed by atoms with Gasteiger partial charge in [0.2, 0.25) is 0 Å². The Labute approximate surface area is 206 Å². The molecule has 3 aromatic carbocycles. The van der Waals surface area contributed by atoms with E-state index in [-0.39, 0.29) is 28.7 Å². The molecule has 0 spiro atoms. The topological polar surface area (TPSA) is 127 Å². The molecule has 1 heterocycles. The molecule has 3 N–H and O–H groups in total. The quantitative estimate of drug-likeness (QED) is 0.151. The standard InChI is InChI=1S/C25H23N5O4S/c1-16-3-8-19(9-4-16)30-24(17-6-11-21(34-2)12-7-17)28-29-25(30)35-15-23(33)27-26-14-18-5-10-20(31)13-22(18)32/h3-14H,15H2,1-2H3,(H3,26,27,31,32,33). The summed E-state index contributed by atoms with van der Waals surface area (Å²) in [5.74, 6) is 0.685.